The summed E-state index contributed by atoms with van der Waals surface area (Å²) < 4.78 is 5.35. The Morgan fingerprint density at radius 1 is 1.05 bits per heavy atom. The van der Waals surface area contributed by atoms with Crippen molar-refractivity contribution in [3.8, 4) is 22.4 Å². The number of nitrogens with zero attached hydrogens (tertiary/aromatic N) is 3. The van der Waals surface area contributed by atoms with Gasteiger partial charge in [-0.15, -0.1) is 0 Å². The molecule has 0 aliphatic heterocycles. The highest BCUT2D eigenvalue weighted by atomic mass is 35.5. The lowest BCUT2D eigenvalue weighted by atomic mass is 10.0. The molecule has 3 aromatic rings. The van der Waals surface area contributed by atoms with Crippen LogP contribution in [0.2, 0.25) is 5.02 Å². The van der Waals surface area contributed by atoms with Crippen LogP contribution in [0.5, 0.6) is 0 Å². The smallest absolute Gasteiger partial charge is 0.187 e. The Kier molecular flexibility index (Phi) is 3.94. The van der Waals surface area contributed by atoms with Crippen LogP contribution in [0.4, 0.5) is 0 Å². The number of rotatable bonds is 3. The van der Waals surface area contributed by atoms with Crippen LogP contribution in [0.15, 0.2) is 46.3 Å². The minimum Gasteiger partial charge on any atom is -0.360 e. The number of hydrogen-bond acceptors (Lipinski definition) is 5. The van der Waals surface area contributed by atoms with Crippen molar-refractivity contribution in [2.24, 2.45) is 0 Å². The molecule has 0 spiro atoms. The van der Waals surface area contributed by atoms with Crippen LogP contribution < -0.4 is 0 Å². The van der Waals surface area contributed by atoms with Crippen molar-refractivity contribution in [1.29, 1.82) is 0 Å². The van der Waals surface area contributed by atoms with E-state index in [1.165, 1.54) is 11.8 Å². The molecular formula is C15H12ClN3OS. The Morgan fingerprint density at radius 2 is 1.71 bits per heavy atom. The number of aryl methyl sites for hydroxylation is 1. The van der Waals surface area contributed by atoms with Crippen molar-refractivity contribution >= 4 is 23.4 Å². The molecule has 0 saturated carbocycles. The number of benzene rings is 1. The van der Waals surface area contributed by atoms with Gasteiger partial charge in [0.25, 0.3) is 0 Å². The predicted molar refractivity (Wildman–Crippen MR) is 84.5 cm³/mol. The van der Waals surface area contributed by atoms with Gasteiger partial charge in [-0.25, -0.2) is 9.97 Å². The van der Waals surface area contributed by atoms with Gasteiger partial charge < -0.3 is 4.52 Å². The summed E-state index contributed by atoms with van der Waals surface area (Å²) >= 11 is 7.43. The molecule has 2 heterocycles. The zero-order valence-electron chi connectivity index (χ0n) is 11.5. The summed E-state index contributed by atoms with van der Waals surface area (Å²) in [6.07, 6.45) is 5.52. The highest BCUT2D eigenvalue weighted by molar-refractivity contribution is 7.98. The second-order valence-corrected chi connectivity index (χ2v) is 5.64. The van der Waals surface area contributed by atoms with Crippen LogP contribution >= 0.6 is 23.4 Å². The second-order valence-electron chi connectivity index (χ2n) is 4.43. The van der Waals surface area contributed by atoms with E-state index >= 15 is 0 Å². The Labute approximate surface area is 131 Å². The Hall–Kier alpha value is -1.85. The lowest BCUT2D eigenvalue weighted by Crippen LogP contribution is -1.89. The maximum Gasteiger partial charge on any atom is 0.187 e. The molecular weight excluding hydrogens is 306 g/mol. The van der Waals surface area contributed by atoms with Crippen LogP contribution in [-0.2, 0) is 0 Å². The molecule has 106 valence electrons. The van der Waals surface area contributed by atoms with Crippen LogP contribution in [0.1, 0.15) is 5.76 Å². The van der Waals surface area contributed by atoms with E-state index in [4.69, 9.17) is 16.1 Å². The molecule has 0 N–H and O–H groups in total. The molecule has 0 atom stereocenters. The van der Waals surface area contributed by atoms with Gasteiger partial charge in [-0.2, -0.15) is 0 Å². The monoisotopic (exact) mass is 317 g/mol. The minimum atomic E-state index is 0.688. The molecule has 0 unspecified atom stereocenters. The fraction of sp³-hybridized carbons (Fsp3) is 0.133. The van der Waals surface area contributed by atoms with Crippen molar-refractivity contribution in [3.05, 3.63) is 47.4 Å². The summed E-state index contributed by atoms with van der Waals surface area (Å²) in [5, 5.41) is 5.58. The average molecular weight is 318 g/mol. The van der Waals surface area contributed by atoms with Gasteiger partial charge in [0.05, 0.1) is 5.56 Å². The Morgan fingerprint density at radius 3 is 2.33 bits per heavy atom. The van der Waals surface area contributed by atoms with Crippen molar-refractivity contribution in [2.45, 2.75) is 12.1 Å². The van der Waals surface area contributed by atoms with Gasteiger partial charge in [0.1, 0.15) is 11.5 Å². The lowest BCUT2D eigenvalue weighted by molar-refractivity contribution is 0.400. The molecule has 0 radical (unpaired) electrons. The third kappa shape index (κ3) is 2.80. The Bertz CT molecular complexity index is 754. The molecule has 0 saturated heterocycles. The zero-order valence-corrected chi connectivity index (χ0v) is 13.1. The number of thioether (sulfide) groups is 1. The van der Waals surface area contributed by atoms with Gasteiger partial charge in [0.2, 0.25) is 0 Å². The van der Waals surface area contributed by atoms with Crippen molar-refractivity contribution in [1.82, 2.24) is 15.1 Å². The predicted octanol–water partition coefficient (Wildman–Crippen LogP) is 4.48. The zero-order chi connectivity index (χ0) is 14.8. The van der Waals surface area contributed by atoms with Crippen LogP contribution in [-0.4, -0.2) is 21.4 Å². The SMILES string of the molecule is CSc1ncc(-c2c(-c3ccc(Cl)cc3)noc2C)cn1. The quantitative estimate of drug-likeness (QED) is 0.526. The molecule has 2 aromatic heterocycles. The van der Waals surface area contributed by atoms with E-state index in [2.05, 4.69) is 15.1 Å². The summed E-state index contributed by atoms with van der Waals surface area (Å²) in [4.78, 5) is 8.61. The van der Waals surface area contributed by atoms with E-state index < -0.39 is 0 Å². The van der Waals surface area contributed by atoms with Gasteiger partial charge in [0, 0.05) is 28.5 Å². The second kappa shape index (κ2) is 5.87. The van der Waals surface area contributed by atoms with E-state index in [0.29, 0.717) is 5.02 Å². The van der Waals surface area contributed by atoms with Gasteiger partial charge in [-0.3, -0.25) is 0 Å². The first kappa shape index (κ1) is 14.1. The third-order valence-electron chi connectivity index (χ3n) is 3.08. The summed E-state index contributed by atoms with van der Waals surface area (Å²) in [6, 6.07) is 7.50. The number of hydrogen-bond donors (Lipinski definition) is 0. The fourth-order valence-electron chi connectivity index (χ4n) is 2.07. The highest BCUT2D eigenvalue weighted by Gasteiger charge is 2.17. The normalized spacial score (nSPS) is 10.8. The summed E-state index contributed by atoms with van der Waals surface area (Å²) in [5.41, 5.74) is 3.51. The Balaban J connectivity index is 2.09. The molecule has 0 bridgehead atoms. The molecule has 0 fully saturated rings. The van der Waals surface area contributed by atoms with E-state index in [-0.39, 0.29) is 0 Å². The standard InChI is InChI=1S/C15H12ClN3OS/c1-9-13(11-7-17-15(21-2)18-8-11)14(19-20-9)10-3-5-12(16)6-4-10/h3-8H,1-2H3. The third-order valence-corrected chi connectivity index (χ3v) is 3.91. The average Bonchev–Trinajstić information content (AvgIpc) is 2.90. The van der Waals surface area contributed by atoms with E-state index in [1.807, 2.05) is 37.4 Å². The molecule has 21 heavy (non-hydrogen) atoms. The first-order valence-corrected chi connectivity index (χ1v) is 7.88. The van der Waals surface area contributed by atoms with Crippen molar-refractivity contribution in [3.63, 3.8) is 0 Å². The molecule has 1 aromatic carbocycles. The minimum absolute atomic E-state index is 0.688. The summed E-state index contributed by atoms with van der Waals surface area (Å²) in [6.45, 7) is 1.88. The van der Waals surface area contributed by atoms with Gasteiger partial charge in [-0.05, 0) is 25.3 Å². The van der Waals surface area contributed by atoms with E-state index in [1.54, 1.807) is 12.4 Å². The topological polar surface area (TPSA) is 51.8 Å². The maximum absolute atomic E-state index is 5.93. The summed E-state index contributed by atoms with van der Waals surface area (Å²) in [5.74, 6) is 0.737. The lowest BCUT2D eigenvalue weighted by Gasteiger charge is -2.03. The van der Waals surface area contributed by atoms with Gasteiger partial charge >= 0.3 is 0 Å². The maximum atomic E-state index is 5.93. The van der Waals surface area contributed by atoms with E-state index in [0.717, 1.165) is 33.3 Å². The molecule has 3 rings (SSSR count). The number of halogens is 1. The van der Waals surface area contributed by atoms with Crippen LogP contribution in [0, 0.1) is 6.92 Å². The molecule has 0 amide bonds. The highest BCUT2D eigenvalue weighted by Crippen LogP contribution is 2.34. The van der Waals surface area contributed by atoms with Crippen LogP contribution in [0.25, 0.3) is 22.4 Å². The molecule has 6 heteroatoms. The van der Waals surface area contributed by atoms with E-state index in [9.17, 15) is 0 Å². The van der Waals surface area contributed by atoms with Crippen molar-refractivity contribution < 1.29 is 4.52 Å². The first-order chi connectivity index (χ1) is 10.2. The largest absolute Gasteiger partial charge is 0.360 e. The van der Waals surface area contributed by atoms with Crippen molar-refractivity contribution in [2.75, 3.05) is 6.26 Å². The van der Waals surface area contributed by atoms with Gasteiger partial charge in [-0.1, -0.05) is 40.7 Å². The summed E-state index contributed by atoms with van der Waals surface area (Å²) in [7, 11) is 0. The number of aromatic nitrogens is 3. The fourth-order valence-corrected chi connectivity index (χ4v) is 2.51. The molecule has 0 aliphatic rings. The van der Waals surface area contributed by atoms with Crippen LogP contribution in [0.3, 0.4) is 0 Å². The molecule has 4 nitrogen and oxygen atoms in total. The molecule has 0 aliphatic carbocycles. The first-order valence-electron chi connectivity index (χ1n) is 6.27. The van der Waals surface area contributed by atoms with Gasteiger partial charge in [0.15, 0.2) is 5.16 Å².